The molecule has 1 aromatic carbocycles. The Balaban J connectivity index is 0.00000289. The van der Waals surface area contributed by atoms with Crippen molar-refractivity contribution in [1.82, 2.24) is 5.32 Å². The first-order valence-electron chi connectivity index (χ1n) is 5.53. The molecule has 6 heteroatoms. The first-order valence-corrected chi connectivity index (χ1v) is 6.89. The van der Waals surface area contributed by atoms with Gasteiger partial charge in [0.1, 0.15) is 0 Å². The van der Waals surface area contributed by atoms with Crippen LogP contribution in [0.2, 0.25) is 5.02 Å². The molecule has 3 N–H and O–H groups in total. The van der Waals surface area contributed by atoms with Crippen LogP contribution in [0.1, 0.15) is 13.8 Å². The SMILES string of the molecule is CC(C)NC(N)=NCCSc1ccc(Cl)cc1.I. The van der Waals surface area contributed by atoms with Crippen LogP contribution >= 0.6 is 47.3 Å². The molecule has 0 bridgehead atoms. The summed E-state index contributed by atoms with van der Waals surface area (Å²) in [4.78, 5) is 5.43. The molecule has 0 heterocycles. The van der Waals surface area contributed by atoms with Crippen molar-refractivity contribution in [3.63, 3.8) is 0 Å². The highest BCUT2D eigenvalue weighted by Crippen LogP contribution is 2.19. The van der Waals surface area contributed by atoms with Crippen LogP contribution in [0.4, 0.5) is 0 Å². The number of aliphatic imine (C=N–C) groups is 1. The van der Waals surface area contributed by atoms with E-state index >= 15 is 0 Å². The van der Waals surface area contributed by atoms with Crippen LogP contribution in [0, 0.1) is 0 Å². The van der Waals surface area contributed by atoms with Crippen molar-refractivity contribution in [3.05, 3.63) is 29.3 Å². The predicted molar refractivity (Wildman–Crippen MR) is 92.4 cm³/mol. The van der Waals surface area contributed by atoms with Crippen molar-refractivity contribution in [2.75, 3.05) is 12.3 Å². The molecule has 0 unspecified atom stereocenters. The van der Waals surface area contributed by atoms with Gasteiger partial charge in [-0.2, -0.15) is 0 Å². The second-order valence-corrected chi connectivity index (χ2v) is 5.47. The zero-order valence-electron chi connectivity index (χ0n) is 10.5. The summed E-state index contributed by atoms with van der Waals surface area (Å²) in [5.41, 5.74) is 5.69. The Hall–Kier alpha value is -0.140. The van der Waals surface area contributed by atoms with Crippen LogP contribution < -0.4 is 11.1 Å². The van der Waals surface area contributed by atoms with E-state index in [0.717, 1.165) is 10.8 Å². The first kappa shape index (κ1) is 17.9. The quantitative estimate of drug-likeness (QED) is 0.262. The molecule has 1 aromatic rings. The van der Waals surface area contributed by atoms with Gasteiger partial charge in [0.05, 0.1) is 6.54 Å². The average molecular weight is 400 g/mol. The fourth-order valence-corrected chi connectivity index (χ4v) is 2.07. The van der Waals surface area contributed by atoms with Crippen LogP contribution in [0.5, 0.6) is 0 Å². The minimum Gasteiger partial charge on any atom is -0.370 e. The van der Waals surface area contributed by atoms with Crippen molar-refractivity contribution in [2.45, 2.75) is 24.8 Å². The highest BCUT2D eigenvalue weighted by molar-refractivity contribution is 14.0. The van der Waals surface area contributed by atoms with E-state index in [0.29, 0.717) is 18.5 Å². The van der Waals surface area contributed by atoms with E-state index in [2.05, 4.69) is 10.3 Å². The van der Waals surface area contributed by atoms with Gasteiger partial charge < -0.3 is 11.1 Å². The van der Waals surface area contributed by atoms with E-state index in [-0.39, 0.29) is 24.0 Å². The van der Waals surface area contributed by atoms with E-state index < -0.39 is 0 Å². The Kier molecular flexibility index (Phi) is 9.67. The molecule has 0 aromatic heterocycles. The monoisotopic (exact) mass is 399 g/mol. The Morgan fingerprint density at radius 1 is 1.39 bits per heavy atom. The van der Waals surface area contributed by atoms with Gasteiger partial charge in [-0.05, 0) is 38.1 Å². The highest BCUT2D eigenvalue weighted by atomic mass is 127. The summed E-state index contributed by atoms with van der Waals surface area (Å²) in [6.45, 7) is 4.77. The number of nitrogens with two attached hydrogens (primary N) is 1. The standard InChI is InChI=1S/C12H18ClN3S.HI/c1-9(2)16-12(14)15-7-8-17-11-5-3-10(13)4-6-11;/h3-6,9H,7-8H2,1-2H3,(H3,14,15,16);1H. The van der Waals surface area contributed by atoms with E-state index in [1.165, 1.54) is 4.90 Å². The number of halogens is 2. The predicted octanol–water partition coefficient (Wildman–Crippen LogP) is 3.36. The first-order chi connectivity index (χ1) is 8.08. The van der Waals surface area contributed by atoms with Gasteiger partial charge in [0.15, 0.2) is 5.96 Å². The van der Waals surface area contributed by atoms with Crippen LogP contribution in [-0.4, -0.2) is 24.3 Å². The smallest absolute Gasteiger partial charge is 0.188 e. The van der Waals surface area contributed by atoms with Crippen molar-refractivity contribution in [1.29, 1.82) is 0 Å². The average Bonchev–Trinajstić information content (AvgIpc) is 2.26. The molecule has 0 saturated carbocycles. The zero-order valence-corrected chi connectivity index (χ0v) is 14.4. The number of guanidine groups is 1. The molecule has 0 saturated heterocycles. The third kappa shape index (κ3) is 8.05. The summed E-state index contributed by atoms with van der Waals surface area (Å²) < 4.78 is 0. The molecule has 3 nitrogen and oxygen atoms in total. The number of rotatable bonds is 5. The Morgan fingerprint density at radius 3 is 2.56 bits per heavy atom. The maximum Gasteiger partial charge on any atom is 0.188 e. The molecule has 1 rings (SSSR count). The molecule has 0 amide bonds. The van der Waals surface area contributed by atoms with Crippen LogP contribution in [-0.2, 0) is 0 Å². The summed E-state index contributed by atoms with van der Waals surface area (Å²) in [7, 11) is 0. The molecule has 0 aliphatic heterocycles. The number of hydrogen-bond acceptors (Lipinski definition) is 2. The zero-order chi connectivity index (χ0) is 12.7. The van der Waals surface area contributed by atoms with E-state index in [1.54, 1.807) is 11.8 Å². The molecule has 0 aliphatic rings. The van der Waals surface area contributed by atoms with E-state index in [9.17, 15) is 0 Å². The molecule has 102 valence electrons. The number of nitrogens with zero attached hydrogens (tertiary/aromatic N) is 1. The lowest BCUT2D eigenvalue weighted by Gasteiger charge is -2.08. The second kappa shape index (κ2) is 9.75. The van der Waals surface area contributed by atoms with E-state index in [4.69, 9.17) is 17.3 Å². The number of thioether (sulfide) groups is 1. The summed E-state index contributed by atoms with van der Waals surface area (Å²) in [6, 6.07) is 8.12. The fourth-order valence-electron chi connectivity index (χ4n) is 1.20. The lowest BCUT2D eigenvalue weighted by molar-refractivity contribution is 0.725. The Morgan fingerprint density at radius 2 is 2.00 bits per heavy atom. The van der Waals surface area contributed by atoms with Gasteiger partial charge in [-0.3, -0.25) is 4.99 Å². The summed E-state index contributed by atoms with van der Waals surface area (Å²) in [5, 5.41) is 3.81. The molecule has 0 radical (unpaired) electrons. The minimum absolute atomic E-state index is 0. The maximum absolute atomic E-state index is 5.81. The highest BCUT2D eigenvalue weighted by Gasteiger charge is 1.96. The number of nitrogens with one attached hydrogen (secondary N) is 1. The molecule has 0 aliphatic carbocycles. The largest absolute Gasteiger partial charge is 0.370 e. The van der Waals surface area contributed by atoms with Gasteiger partial charge in [0.2, 0.25) is 0 Å². The molecule has 0 atom stereocenters. The van der Waals surface area contributed by atoms with Crippen molar-refractivity contribution < 1.29 is 0 Å². The molecule has 0 spiro atoms. The lowest BCUT2D eigenvalue weighted by Crippen LogP contribution is -2.36. The normalized spacial score (nSPS) is 11.2. The van der Waals surface area contributed by atoms with Crippen LogP contribution in [0.3, 0.4) is 0 Å². The minimum atomic E-state index is 0. The molecule has 0 fully saturated rings. The lowest BCUT2D eigenvalue weighted by atomic mass is 10.4. The van der Waals surface area contributed by atoms with E-state index in [1.807, 2.05) is 38.1 Å². The van der Waals surface area contributed by atoms with Gasteiger partial charge in [-0.15, -0.1) is 35.7 Å². The third-order valence-electron chi connectivity index (χ3n) is 1.89. The fraction of sp³-hybridized carbons (Fsp3) is 0.417. The summed E-state index contributed by atoms with van der Waals surface area (Å²) >= 11 is 7.55. The van der Waals surface area contributed by atoms with Gasteiger partial charge >= 0.3 is 0 Å². The molecule has 18 heavy (non-hydrogen) atoms. The molecular formula is C12H19ClIN3S. The Bertz CT molecular complexity index is 368. The van der Waals surface area contributed by atoms with Crippen molar-refractivity contribution >= 4 is 53.3 Å². The Labute approximate surface area is 135 Å². The summed E-state index contributed by atoms with van der Waals surface area (Å²) in [5.74, 6) is 1.42. The van der Waals surface area contributed by atoms with Gasteiger partial charge in [0.25, 0.3) is 0 Å². The number of benzene rings is 1. The van der Waals surface area contributed by atoms with Gasteiger partial charge in [-0.1, -0.05) is 11.6 Å². The third-order valence-corrected chi connectivity index (χ3v) is 3.14. The van der Waals surface area contributed by atoms with Crippen LogP contribution in [0.25, 0.3) is 0 Å². The van der Waals surface area contributed by atoms with Crippen LogP contribution in [0.15, 0.2) is 34.2 Å². The second-order valence-electron chi connectivity index (χ2n) is 3.87. The van der Waals surface area contributed by atoms with Crippen molar-refractivity contribution in [3.8, 4) is 0 Å². The van der Waals surface area contributed by atoms with Crippen molar-refractivity contribution in [2.24, 2.45) is 10.7 Å². The number of hydrogen-bond donors (Lipinski definition) is 2. The van der Waals surface area contributed by atoms with Gasteiger partial charge in [-0.25, -0.2) is 0 Å². The van der Waals surface area contributed by atoms with Gasteiger partial charge in [0, 0.05) is 21.7 Å². The molecular weight excluding hydrogens is 381 g/mol. The topological polar surface area (TPSA) is 50.4 Å². The summed E-state index contributed by atoms with van der Waals surface area (Å²) in [6.07, 6.45) is 0. The maximum atomic E-state index is 5.81.